The van der Waals surface area contributed by atoms with Gasteiger partial charge < -0.3 is 18.7 Å². The summed E-state index contributed by atoms with van der Waals surface area (Å²) in [6, 6.07) is 13.9. The molecule has 0 bridgehead atoms. The molecular formula is C21H19ClN2O5. The van der Waals surface area contributed by atoms with E-state index in [0.29, 0.717) is 34.3 Å². The van der Waals surface area contributed by atoms with Gasteiger partial charge in [-0.25, -0.2) is 4.79 Å². The summed E-state index contributed by atoms with van der Waals surface area (Å²) >= 11 is 6.12. The molecule has 1 aliphatic rings. The third kappa shape index (κ3) is 4.93. The number of ether oxygens (including phenoxy) is 3. The Morgan fingerprint density at radius 2 is 2.00 bits per heavy atom. The smallest absolute Gasteiger partial charge is 0.338 e. The summed E-state index contributed by atoms with van der Waals surface area (Å²) in [7, 11) is 0. The lowest BCUT2D eigenvalue weighted by Gasteiger charge is -2.11. The molecule has 4 rings (SSSR count). The van der Waals surface area contributed by atoms with Crippen molar-refractivity contribution in [1.29, 1.82) is 0 Å². The number of rotatable bonds is 7. The predicted octanol–water partition coefficient (Wildman–Crippen LogP) is 4.30. The highest BCUT2D eigenvalue weighted by molar-refractivity contribution is 6.33. The van der Waals surface area contributed by atoms with Gasteiger partial charge >= 0.3 is 5.97 Å². The van der Waals surface area contributed by atoms with E-state index in [1.165, 1.54) is 0 Å². The van der Waals surface area contributed by atoms with Gasteiger partial charge in [-0.15, -0.1) is 0 Å². The fourth-order valence-electron chi connectivity index (χ4n) is 2.93. The van der Waals surface area contributed by atoms with E-state index in [4.69, 9.17) is 30.3 Å². The number of hydrogen-bond donors (Lipinski definition) is 0. The van der Waals surface area contributed by atoms with E-state index in [9.17, 15) is 4.79 Å². The second-order valence-electron chi connectivity index (χ2n) is 6.54. The van der Waals surface area contributed by atoms with Gasteiger partial charge in [0.05, 0.1) is 16.7 Å². The van der Waals surface area contributed by atoms with Crippen LogP contribution in [0.1, 0.15) is 29.1 Å². The van der Waals surface area contributed by atoms with E-state index >= 15 is 0 Å². The first-order valence-electron chi connectivity index (χ1n) is 9.28. The number of hydrogen-bond acceptors (Lipinski definition) is 7. The molecule has 1 fully saturated rings. The Labute approximate surface area is 172 Å². The molecule has 0 unspecified atom stereocenters. The minimum absolute atomic E-state index is 0.131. The van der Waals surface area contributed by atoms with Crippen LogP contribution in [0.2, 0.25) is 5.02 Å². The largest absolute Gasteiger partial charge is 0.491 e. The van der Waals surface area contributed by atoms with E-state index in [1.54, 1.807) is 36.4 Å². The first-order chi connectivity index (χ1) is 14.2. The van der Waals surface area contributed by atoms with Crippen LogP contribution < -0.4 is 4.74 Å². The van der Waals surface area contributed by atoms with Gasteiger partial charge in [-0.3, -0.25) is 0 Å². The summed E-state index contributed by atoms with van der Waals surface area (Å²) in [5.74, 6) is 0.714. The van der Waals surface area contributed by atoms with Crippen LogP contribution in [-0.2, 0) is 16.1 Å². The fourth-order valence-corrected chi connectivity index (χ4v) is 3.15. The Bertz CT molecular complexity index is 967. The Morgan fingerprint density at radius 1 is 1.17 bits per heavy atom. The molecule has 0 aliphatic carbocycles. The molecule has 1 aromatic heterocycles. The summed E-state index contributed by atoms with van der Waals surface area (Å²) in [4.78, 5) is 16.4. The van der Waals surface area contributed by atoms with Gasteiger partial charge in [-0.1, -0.05) is 28.9 Å². The highest BCUT2D eigenvalue weighted by Gasteiger charge is 2.17. The van der Waals surface area contributed by atoms with Crippen molar-refractivity contribution in [3.63, 3.8) is 0 Å². The number of carbonyl (C=O) groups is 1. The molecule has 0 radical (unpaired) electrons. The van der Waals surface area contributed by atoms with Crippen LogP contribution in [0.3, 0.4) is 0 Å². The molecule has 0 spiro atoms. The summed E-state index contributed by atoms with van der Waals surface area (Å²) in [6.45, 7) is 1.17. The zero-order chi connectivity index (χ0) is 20.1. The average Bonchev–Trinajstić information content (AvgIpc) is 3.43. The lowest BCUT2D eigenvalue weighted by atomic mass is 10.2. The van der Waals surface area contributed by atoms with Crippen LogP contribution in [0.4, 0.5) is 0 Å². The van der Waals surface area contributed by atoms with Crippen LogP contribution in [-0.4, -0.2) is 35.4 Å². The van der Waals surface area contributed by atoms with Crippen LogP contribution >= 0.6 is 11.6 Å². The number of halogens is 1. The van der Waals surface area contributed by atoms with Crippen molar-refractivity contribution in [3.05, 3.63) is 65.0 Å². The highest BCUT2D eigenvalue weighted by atomic mass is 35.5. The Balaban J connectivity index is 1.30. The minimum Gasteiger partial charge on any atom is -0.491 e. The van der Waals surface area contributed by atoms with Crippen LogP contribution in [0.5, 0.6) is 5.75 Å². The van der Waals surface area contributed by atoms with Crippen molar-refractivity contribution in [3.8, 4) is 17.1 Å². The quantitative estimate of drug-likeness (QED) is 0.533. The molecule has 0 amide bonds. The summed E-state index contributed by atoms with van der Waals surface area (Å²) < 4.78 is 21.6. The predicted molar refractivity (Wildman–Crippen MR) is 105 cm³/mol. The molecule has 1 aliphatic heterocycles. The van der Waals surface area contributed by atoms with Gasteiger partial charge in [-0.05, 0) is 49.2 Å². The summed E-state index contributed by atoms with van der Waals surface area (Å²) in [5, 5.41) is 4.39. The van der Waals surface area contributed by atoms with Crippen LogP contribution in [0.25, 0.3) is 11.4 Å². The standard InChI is InChI=1S/C21H19ClN2O5/c22-18-6-2-1-5-17(18)20-23-19(29-24-20)13-28-21(25)14-7-9-15(10-8-14)27-12-16-4-3-11-26-16/h1-2,5-10,16H,3-4,11-13H2/t16-/m0/s1. The maximum Gasteiger partial charge on any atom is 0.338 e. The van der Waals surface area contributed by atoms with E-state index in [1.807, 2.05) is 12.1 Å². The zero-order valence-electron chi connectivity index (χ0n) is 15.5. The van der Waals surface area contributed by atoms with Gasteiger partial charge in [0.15, 0.2) is 6.61 Å². The van der Waals surface area contributed by atoms with E-state index in [-0.39, 0.29) is 18.6 Å². The van der Waals surface area contributed by atoms with Gasteiger partial charge in [-0.2, -0.15) is 4.98 Å². The van der Waals surface area contributed by atoms with E-state index in [0.717, 1.165) is 19.4 Å². The maximum absolute atomic E-state index is 12.2. The topological polar surface area (TPSA) is 83.7 Å². The van der Waals surface area contributed by atoms with Gasteiger partial charge in [0.1, 0.15) is 12.4 Å². The number of aromatic nitrogens is 2. The van der Waals surface area contributed by atoms with Gasteiger partial charge in [0, 0.05) is 12.2 Å². The Morgan fingerprint density at radius 3 is 2.76 bits per heavy atom. The molecule has 150 valence electrons. The number of carbonyl (C=O) groups excluding carboxylic acids is 1. The second-order valence-corrected chi connectivity index (χ2v) is 6.95. The third-order valence-electron chi connectivity index (χ3n) is 4.46. The lowest BCUT2D eigenvalue weighted by molar-refractivity contribution is 0.0429. The number of nitrogens with zero attached hydrogens (tertiary/aromatic N) is 2. The van der Waals surface area contributed by atoms with Crippen LogP contribution in [0.15, 0.2) is 53.1 Å². The molecule has 0 N–H and O–H groups in total. The second kappa shape index (κ2) is 9.07. The van der Waals surface area contributed by atoms with Gasteiger partial charge in [0.25, 0.3) is 5.89 Å². The first-order valence-corrected chi connectivity index (χ1v) is 9.66. The van der Waals surface area contributed by atoms with E-state index < -0.39 is 5.97 Å². The van der Waals surface area contributed by atoms with Crippen molar-refractivity contribution in [2.24, 2.45) is 0 Å². The zero-order valence-corrected chi connectivity index (χ0v) is 16.3. The third-order valence-corrected chi connectivity index (χ3v) is 4.79. The monoisotopic (exact) mass is 414 g/mol. The first kappa shape index (κ1) is 19.4. The van der Waals surface area contributed by atoms with E-state index in [2.05, 4.69) is 10.1 Å². The minimum atomic E-state index is -0.492. The molecule has 7 nitrogen and oxygen atoms in total. The molecule has 2 aromatic carbocycles. The molecule has 29 heavy (non-hydrogen) atoms. The number of benzene rings is 2. The van der Waals surface area contributed by atoms with Crippen molar-refractivity contribution < 1.29 is 23.5 Å². The highest BCUT2D eigenvalue weighted by Crippen LogP contribution is 2.25. The maximum atomic E-state index is 12.2. The fraction of sp³-hybridized carbons (Fsp3) is 0.286. The number of esters is 1. The SMILES string of the molecule is O=C(OCc1nc(-c2ccccc2Cl)no1)c1ccc(OC[C@@H]2CCCO2)cc1. The summed E-state index contributed by atoms with van der Waals surface area (Å²) in [6.07, 6.45) is 2.22. The van der Waals surface area contributed by atoms with Gasteiger partial charge in [0.2, 0.25) is 5.82 Å². The van der Waals surface area contributed by atoms with Crippen molar-refractivity contribution in [2.75, 3.05) is 13.2 Å². The van der Waals surface area contributed by atoms with Crippen LogP contribution in [0, 0.1) is 0 Å². The molecule has 0 saturated carbocycles. The van der Waals surface area contributed by atoms with Crippen molar-refractivity contribution in [2.45, 2.75) is 25.6 Å². The molecule has 8 heteroatoms. The van der Waals surface area contributed by atoms with Crippen molar-refractivity contribution in [1.82, 2.24) is 10.1 Å². The molecule has 3 aromatic rings. The molecular weight excluding hydrogens is 396 g/mol. The van der Waals surface area contributed by atoms with Crippen molar-refractivity contribution >= 4 is 17.6 Å². The summed E-state index contributed by atoms with van der Waals surface area (Å²) in [5.41, 5.74) is 1.05. The Hall–Kier alpha value is -2.90. The molecule has 1 saturated heterocycles. The molecule has 2 heterocycles. The average molecular weight is 415 g/mol. The normalized spacial score (nSPS) is 16.0. The molecule has 1 atom stereocenters. The lowest BCUT2D eigenvalue weighted by Crippen LogP contribution is -2.16. The Kier molecular flexibility index (Phi) is 6.07.